The summed E-state index contributed by atoms with van der Waals surface area (Å²) in [6, 6.07) is 4.29. The Morgan fingerprint density at radius 3 is 3.15 bits per heavy atom. The van der Waals surface area contributed by atoms with Gasteiger partial charge in [0.1, 0.15) is 19.2 Å². The van der Waals surface area contributed by atoms with Crippen LogP contribution in [0.4, 0.5) is 0 Å². The maximum absolute atomic E-state index is 12.2. The van der Waals surface area contributed by atoms with Gasteiger partial charge in [0.25, 0.3) is 0 Å². The van der Waals surface area contributed by atoms with Crippen LogP contribution in [0.1, 0.15) is 16.5 Å². The first-order valence-electron chi connectivity index (χ1n) is 6.58. The van der Waals surface area contributed by atoms with E-state index in [-0.39, 0.29) is 12.5 Å². The number of thioether (sulfide) groups is 1. The molecule has 7 heteroatoms. The highest BCUT2D eigenvalue weighted by Crippen LogP contribution is 2.36. The van der Waals surface area contributed by atoms with Crippen LogP contribution in [-0.4, -0.2) is 44.4 Å². The van der Waals surface area contributed by atoms with Crippen LogP contribution in [0.25, 0.3) is 0 Å². The van der Waals surface area contributed by atoms with Crippen molar-refractivity contribution >= 4 is 29.0 Å². The second-order valence-corrected chi connectivity index (χ2v) is 6.93. The van der Waals surface area contributed by atoms with Crippen LogP contribution in [0.3, 0.4) is 0 Å². The molecule has 0 bridgehead atoms. The molecule has 0 aliphatic carbocycles. The van der Waals surface area contributed by atoms with E-state index >= 15 is 0 Å². The zero-order valence-electron chi connectivity index (χ0n) is 11.0. The van der Waals surface area contributed by atoms with Crippen LogP contribution < -0.4 is 0 Å². The lowest BCUT2D eigenvalue weighted by atomic mass is 10.2. The van der Waals surface area contributed by atoms with Crippen LogP contribution in [0, 0.1) is 0 Å². The summed E-state index contributed by atoms with van der Waals surface area (Å²) in [6.45, 7) is 1.93. The van der Waals surface area contributed by atoms with Gasteiger partial charge in [-0.15, -0.1) is 11.3 Å². The SMILES string of the molecule is O=C(Cn1cncn1)N1CCSC(c2cccs2)CC1. The van der Waals surface area contributed by atoms with Gasteiger partial charge in [0, 0.05) is 29.0 Å². The van der Waals surface area contributed by atoms with Gasteiger partial charge in [-0.05, 0) is 17.9 Å². The molecule has 106 valence electrons. The van der Waals surface area contributed by atoms with E-state index in [1.807, 2.05) is 16.7 Å². The van der Waals surface area contributed by atoms with Crippen LogP contribution in [0.2, 0.25) is 0 Å². The number of hydrogen-bond acceptors (Lipinski definition) is 5. The second kappa shape index (κ2) is 6.41. The standard InChI is InChI=1S/C13H16N4OS2/c18-13(8-17-10-14-9-15-17)16-4-3-12(20-7-5-16)11-2-1-6-19-11/h1-2,6,9-10,12H,3-5,7-8H2. The molecule has 1 aliphatic heterocycles. The van der Waals surface area contributed by atoms with E-state index in [1.165, 1.54) is 11.2 Å². The molecule has 2 aromatic heterocycles. The summed E-state index contributed by atoms with van der Waals surface area (Å²) >= 11 is 3.76. The lowest BCUT2D eigenvalue weighted by Crippen LogP contribution is -2.35. The van der Waals surface area contributed by atoms with Crippen molar-refractivity contribution in [3.63, 3.8) is 0 Å². The first-order chi connectivity index (χ1) is 9.83. The van der Waals surface area contributed by atoms with Gasteiger partial charge in [-0.2, -0.15) is 16.9 Å². The van der Waals surface area contributed by atoms with Crippen molar-refractivity contribution in [3.8, 4) is 0 Å². The fourth-order valence-electron chi connectivity index (χ4n) is 2.27. The van der Waals surface area contributed by atoms with Gasteiger partial charge in [0.05, 0.1) is 0 Å². The van der Waals surface area contributed by atoms with Crippen molar-refractivity contribution in [2.75, 3.05) is 18.8 Å². The van der Waals surface area contributed by atoms with Crippen molar-refractivity contribution in [2.24, 2.45) is 0 Å². The highest BCUT2D eigenvalue weighted by molar-refractivity contribution is 7.99. The van der Waals surface area contributed by atoms with Gasteiger partial charge >= 0.3 is 0 Å². The molecule has 1 unspecified atom stereocenters. The molecule has 5 nitrogen and oxygen atoms in total. The lowest BCUT2D eigenvalue weighted by molar-refractivity contribution is -0.131. The zero-order valence-corrected chi connectivity index (χ0v) is 12.6. The van der Waals surface area contributed by atoms with Crippen molar-refractivity contribution in [1.82, 2.24) is 19.7 Å². The Kier molecular flexibility index (Phi) is 4.37. The largest absolute Gasteiger partial charge is 0.340 e. The van der Waals surface area contributed by atoms with Gasteiger partial charge in [-0.3, -0.25) is 4.79 Å². The third-order valence-corrected chi connectivity index (χ3v) is 5.76. The number of aromatic nitrogens is 3. The normalized spacial score (nSPS) is 19.8. The molecule has 1 atom stereocenters. The molecule has 3 rings (SSSR count). The van der Waals surface area contributed by atoms with Gasteiger partial charge in [0.15, 0.2) is 0 Å². The van der Waals surface area contributed by atoms with Crippen LogP contribution in [0.5, 0.6) is 0 Å². The Morgan fingerprint density at radius 1 is 1.45 bits per heavy atom. The molecule has 1 amide bonds. The molecule has 20 heavy (non-hydrogen) atoms. The number of nitrogens with zero attached hydrogens (tertiary/aromatic N) is 4. The maximum Gasteiger partial charge on any atom is 0.244 e. The zero-order chi connectivity index (χ0) is 13.8. The topological polar surface area (TPSA) is 51.0 Å². The molecule has 2 aromatic rings. The van der Waals surface area contributed by atoms with Crippen LogP contribution >= 0.6 is 23.1 Å². The average Bonchev–Trinajstić information content (AvgIpc) is 3.09. The fourth-order valence-corrected chi connectivity index (χ4v) is 4.51. The molecule has 0 aromatic carbocycles. The van der Waals surface area contributed by atoms with E-state index < -0.39 is 0 Å². The van der Waals surface area contributed by atoms with Crippen molar-refractivity contribution in [3.05, 3.63) is 35.0 Å². The smallest absolute Gasteiger partial charge is 0.244 e. The minimum atomic E-state index is 0.128. The summed E-state index contributed by atoms with van der Waals surface area (Å²) < 4.78 is 1.58. The third kappa shape index (κ3) is 3.21. The van der Waals surface area contributed by atoms with Gasteiger partial charge in [-0.25, -0.2) is 9.67 Å². The summed E-state index contributed by atoms with van der Waals surface area (Å²) in [5, 5.41) is 6.63. The second-order valence-electron chi connectivity index (χ2n) is 4.64. The fraction of sp³-hybridized carbons (Fsp3) is 0.462. The number of rotatable bonds is 3. The molecule has 1 saturated heterocycles. The maximum atomic E-state index is 12.2. The molecule has 0 saturated carbocycles. The Labute approximate surface area is 126 Å². The number of carbonyl (C=O) groups excluding carboxylic acids is 1. The molecule has 0 radical (unpaired) electrons. The van der Waals surface area contributed by atoms with E-state index in [4.69, 9.17) is 0 Å². The summed E-state index contributed by atoms with van der Waals surface area (Å²) in [7, 11) is 0. The first kappa shape index (κ1) is 13.6. The molecule has 1 aliphatic rings. The number of amides is 1. The Balaban J connectivity index is 1.58. The van der Waals surface area contributed by atoms with Gasteiger partial charge in [0.2, 0.25) is 5.91 Å². The number of carbonyl (C=O) groups is 1. The monoisotopic (exact) mass is 308 g/mol. The quantitative estimate of drug-likeness (QED) is 0.871. The van der Waals surface area contributed by atoms with Crippen LogP contribution in [0.15, 0.2) is 30.2 Å². The molecule has 0 spiro atoms. The van der Waals surface area contributed by atoms with Crippen molar-refractivity contribution in [2.45, 2.75) is 18.2 Å². The van der Waals surface area contributed by atoms with E-state index in [9.17, 15) is 4.79 Å². The van der Waals surface area contributed by atoms with Gasteiger partial charge < -0.3 is 4.90 Å². The van der Waals surface area contributed by atoms with E-state index in [1.54, 1.807) is 22.3 Å². The lowest BCUT2D eigenvalue weighted by Gasteiger charge is -2.20. The average molecular weight is 308 g/mol. The Bertz CT molecular complexity index is 541. The Morgan fingerprint density at radius 2 is 2.40 bits per heavy atom. The van der Waals surface area contributed by atoms with E-state index in [0.717, 1.165) is 25.3 Å². The predicted molar refractivity (Wildman–Crippen MR) is 80.7 cm³/mol. The van der Waals surface area contributed by atoms with E-state index in [2.05, 4.69) is 27.6 Å². The molecular formula is C13H16N4OS2. The molecular weight excluding hydrogens is 292 g/mol. The molecule has 1 fully saturated rings. The number of hydrogen-bond donors (Lipinski definition) is 0. The summed E-state index contributed by atoms with van der Waals surface area (Å²) in [5.74, 6) is 1.12. The molecule has 0 N–H and O–H groups in total. The Hall–Kier alpha value is -1.34. The predicted octanol–water partition coefficient (Wildman–Crippen LogP) is 2.05. The molecule has 3 heterocycles. The van der Waals surface area contributed by atoms with Crippen molar-refractivity contribution in [1.29, 1.82) is 0 Å². The van der Waals surface area contributed by atoms with Gasteiger partial charge in [-0.1, -0.05) is 6.07 Å². The first-order valence-corrected chi connectivity index (χ1v) is 8.51. The number of thiophene rings is 1. The highest BCUT2D eigenvalue weighted by Gasteiger charge is 2.22. The summed E-state index contributed by atoms with van der Waals surface area (Å²) in [6.07, 6.45) is 4.06. The van der Waals surface area contributed by atoms with Crippen molar-refractivity contribution < 1.29 is 4.79 Å². The van der Waals surface area contributed by atoms with E-state index in [0.29, 0.717) is 5.25 Å². The third-order valence-electron chi connectivity index (χ3n) is 3.32. The minimum Gasteiger partial charge on any atom is -0.340 e. The van der Waals surface area contributed by atoms with Crippen LogP contribution in [-0.2, 0) is 11.3 Å². The summed E-state index contributed by atoms with van der Waals surface area (Å²) in [4.78, 5) is 19.5. The minimum absolute atomic E-state index is 0.128. The summed E-state index contributed by atoms with van der Waals surface area (Å²) in [5.41, 5.74) is 0. The highest BCUT2D eigenvalue weighted by atomic mass is 32.2.